The highest BCUT2D eigenvalue weighted by atomic mass is 35.5. The average Bonchev–Trinajstić information content (AvgIpc) is 2.26. The average molecular weight is 277 g/mol. The second kappa shape index (κ2) is 5.47. The summed E-state index contributed by atoms with van der Waals surface area (Å²) in [5, 5.41) is 7.36. The fourth-order valence-corrected chi connectivity index (χ4v) is 1.96. The summed E-state index contributed by atoms with van der Waals surface area (Å²) in [6.45, 7) is 0. The van der Waals surface area contributed by atoms with Crippen molar-refractivity contribution in [2.75, 3.05) is 0 Å². The molecule has 0 saturated heterocycles. The molecular formula is C11H10Cl2O4. The molecule has 0 saturated carbocycles. The van der Waals surface area contributed by atoms with E-state index in [1.54, 1.807) is 0 Å². The highest BCUT2D eigenvalue weighted by Gasteiger charge is 2.36. The first kappa shape index (κ1) is 13.9. The minimum Gasteiger partial charge on any atom is -0.481 e. The number of halogens is 2. The summed E-state index contributed by atoms with van der Waals surface area (Å²) in [4.78, 5) is 32.8. The van der Waals surface area contributed by atoms with Crippen molar-refractivity contribution in [1.29, 1.82) is 0 Å². The van der Waals surface area contributed by atoms with Gasteiger partial charge >= 0.3 is 5.97 Å². The van der Waals surface area contributed by atoms with Crippen LogP contribution < -0.4 is 0 Å². The lowest BCUT2D eigenvalue weighted by molar-refractivity contribution is -0.137. The Labute approximate surface area is 108 Å². The van der Waals surface area contributed by atoms with E-state index in [1.807, 2.05) is 0 Å². The van der Waals surface area contributed by atoms with Crippen LogP contribution in [-0.4, -0.2) is 21.6 Å². The molecule has 1 rings (SSSR count). The Morgan fingerprint density at radius 1 is 1.35 bits per heavy atom. The summed E-state index contributed by atoms with van der Waals surface area (Å²) >= 11 is 10.8. The van der Waals surface area contributed by atoms with Gasteiger partial charge in [0.05, 0.1) is 5.41 Å². The Morgan fingerprint density at radius 2 is 2.00 bits per heavy atom. The summed E-state index contributed by atoms with van der Waals surface area (Å²) in [7, 11) is 0. The fraction of sp³-hybridized carbons (Fsp3) is 0.364. The van der Waals surface area contributed by atoms with E-state index in [9.17, 15) is 14.4 Å². The van der Waals surface area contributed by atoms with Crippen LogP contribution in [0.5, 0.6) is 0 Å². The minimum atomic E-state index is -1.05. The molecule has 0 heterocycles. The fourth-order valence-electron chi connectivity index (χ4n) is 1.58. The molecule has 1 N–H and O–H groups in total. The van der Waals surface area contributed by atoms with E-state index in [4.69, 9.17) is 28.3 Å². The van der Waals surface area contributed by atoms with Gasteiger partial charge in [0.25, 0.3) is 5.24 Å². The first-order valence-electron chi connectivity index (χ1n) is 4.88. The van der Waals surface area contributed by atoms with Gasteiger partial charge in [-0.2, -0.15) is 0 Å². The van der Waals surface area contributed by atoms with E-state index in [0.29, 0.717) is 0 Å². The summed E-state index contributed by atoms with van der Waals surface area (Å²) in [5.41, 5.74) is -0.758. The first-order chi connectivity index (χ1) is 7.87. The first-order valence-corrected chi connectivity index (χ1v) is 5.64. The quantitative estimate of drug-likeness (QED) is 0.782. The minimum absolute atomic E-state index is 0.0986. The van der Waals surface area contributed by atoms with Gasteiger partial charge in [0, 0.05) is 12.0 Å². The molecule has 6 heteroatoms. The molecule has 0 aromatic rings. The lowest BCUT2D eigenvalue weighted by Crippen LogP contribution is -2.27. The van der Waals surface area contributed by atoms with Crippen molar-refractivity contribution < 1.29 is 19.5 Å². The number of hydrogen-bond acceptors (Lipinski definition) is 3. The van der Waals surface area contributed by atoms with E-state index in [2.05, 4.69) is 0 Å². The van der Waals surface area contributed by atoms with E-state index in [1.165, 1.54) is 18.2 Å². The van der Waals surface area contributed by atoms with Crippen molar-refractivity contribution in [2.45, 2.75) is 19.3 Å². The van der Waals surface area contributed by atoms with Crippen LogP contribution in [-0.2, 0) is 14.4 Å². The zero-order valence-electron chi connectivity index (χ0n) is 8.78. The molecule has 0 radical (unpaired) electrons. The van der Waals surface area contributed by atoms with Crippen molar-refractivity contribution in [3.05, 3.63) is 23.8 Å². The van der Waals surface area contributed by atoms with Crippen molar-refractivity contribution in [3.8, 4) is 0 Å². The van der Waals surface area contributed by atoms with Gasteiger partial charge in [0.2, 0.25) is 5.24 Å². The lowest BCUT2D eigenvalue weighted by atomic mass is 9.77. The third-order valence-corrected chi connectivity index (χ3v) is 3.27. The summed E-state index contributed by atoms with van der Waals surface area (Å²) in [6, 6.07) is 0. The monoisotopic (exact) mass is 276 g/mol. The van der Waals surface area contributed by atoms with Gasteiger partial charge in [-0.25, -0.2) is 0 Å². The van der Waals surface area contributed by atoms with Gasteiger partial charge in [0.1, 0.15) is 0 Å². The number of carbonyl (C=O) groups excluding carboxylic acids is 2. The van der Waals surface area contributed by atoms with Gasteiger partial charge < -0.3 is 5.11 Å². The largest absolute Gasteiger partial charge is 0.481 e. The Morgan fingerprint density at radius 3 is 2.35 bits per heavy atom. The molecule has 0 aromatic heterocycles. The normalized spacial score (nSPS) is 23.1. The smallest absolute Gasteiger partial charge is 0.303 e. The molecule has 1 aliphatic rings. The SMILES string of the molecule is O=C(O)CCC1(C(=O)Cl)C=CC(C(=O)Cl)=CC1. The predicted molar refractivity (Wildman–Crippen MR) is 62.9 cm³/mol. The number of carbonyl (C=O) groups is 3. The number of hydrogen-bond donors (Lipinski definition) is 1. The molecule has 1 atom stereocenters. The highest BCUT2D eigenvalue weighted by Crippen LogP contribution is 2.37. The van der Waals surface area contributed by atoms with Crippen LogP contribution in [0.15, 0.2) is 23.8 Å². The third kappa shape index (κ3) is 3.41. The van der Waals surface area contributed by atoms with Crippen LogP contribution in [0.4, 0.5) is 0 Å². The molecule has 1 unspecified atom stereocenters. The molecule has 1 aliphatic carbocycles. The van der Waals surface area contributed by atoms with Crippen LogP contribution in [0, 0.1) is 5.41 Å². The third-order valence-electron chi connectivity index (χ3n) is 2.67. The topological polar surface area (TPSA) is 71.4 Å². The number of carboxylic acid groups (broad SMARTS) is 1. The Balaban J connectivity index is 2.85. The van der Waals surface area contributed by atoms with Crippen LogP contribution in [0.3, 0.4) is 0 Å². The molecule has 17 heavy (non-hydrogen) atoms. The van der Waals surface area contributed by atoms with Crippen LogP contribution in [0.1, 0.15) is 19.3 Å². The maximum atomic E-state index is 11.4. The van der Waals surface area contributed by atoms with Crippen LogP contribution >= 0.6 is 23.2 Å². The summed E-state index contributed by atoms with van der Waals surface area (Å²) in [5.74, 6) is -1.00. The van der Waals surface area contributed by atoms with Crippen LogP contribution in [0.25, 0.3) is 0 Å². The standard InChI is InChI=1S/C11H10Cl2O4/c12-9(16)7-1-4-11(5-2-7,10(13)17)6-3-8(14)15/h1-2,4H,3,5-6H2,(H,14,15). The Bertz CT molecular complexity index is 425. The molecule has 0 aromatic carbocycles. The lowest BCUT2D eigenvalue weighted by Gasteiger charge is -2.27. The predicted octanol–water partition coefficient (Wildman–Crippen LogP) is 2.25. The van der Waals surface area contributed by atoms with E-state index in [0.717, 1.165) is 0 Å². The second-order valence-electron chi connectivity index (χ2n) is 3.79. The van der Waals surface area contributed by atoms with Crippen molar-refractivity contribution in [1.82, 2.24) is 0 Å². The number of rotatable bonds is 5. The van der Waals surface area contributed by atoms with Crippen molar-refractivity contribution in [3.63, 3.8) is 0 Å². The van der Waals surface area contributed by atoms with Gasteiger partial charge in [-0.3, -0.25) is 14.4 Å². The molecular weight excluding hydrogens is 267 g/mol. The second-order valence-corrected chi connectivity index (χ2v) is 4.48. The summed E-state index contributed by atoms with van der Waals surface area (Å²) < 4.78 is 0. The van der Waals surface area contributed by atoms with E-state index >= 15 is 0 Å². The molecule has 0 spiro atoms. The molecule has 0 fully saturated rings. The molecule has 0 bridgehead atoms. The Hall–Kier alpha value is -1.13. The molecule has 0 amide bonds. The molecule has 0 aliphatic heterocycles. The van der Waals surface area contributed by atoms with Gasteiger partial charge in [0.15, 0.2) is 0 Å². The maximum absolute atomic E-state index is 11.4. The number of allylic oxidation sites excluding steroid dienone is 4. The zero-order valence-corrected chi connectivity index (χ0v) is 10.3. The van der Waals surface area contributed by atoms with Gasteiger partial charge in [-0.05, 0) is 36.0 Å². The zero-order chi connectivity index (χ0) is 13.1. The molecule has 4 nitrogen and oxygen atoms in total. The van der Waals surface area contributed by atoms with Crippen molar-refractivity contribution in [2.24, 2.45) is 5.41 Å². The van der Waals surface area contributed by atoms with E-state index < -0.39 is 21.9 Å². The highest BCUT2D eigenvalue weighted by molar-refractivity contribution is 6.68. The maximum Gasteiger partial charge on any atom is 0.303 e. The van der Waals surface area contributed by atoms with Gasteiger partial charge in [-0.15, -0.1) is 0 Å². The van der Waals surface area contributed by atoms with E-state index in [-0.39, 0.29) is 24.8 Å². The van der Waals surface area contributed by atoms with Crippen molar-refractivity contribution >= 4 is 39.7 Å². The number of aliphatic carboxylic acids is 1. The summed E-state index contributed by atoms with van der Waals surface area (Å²) in [6.07, 6.45) is 4.48. The Kier molecular flexibility index (Phi) is 4.48. The molecule has 92 valence electrons. The van der Waals surface area contributed by atoms with Gasteiger partial charge in [-0.1, -0.05) is 18.2 Å². The van der Waals surface area contributed by atoms with Crippen LogP contribution in [0.2, 0.25) is 0 Å². The number of carboxylic acids is 1.